The summed E-state index contributed by atoms with van der Waals surface area (Å²) in [6.07, 6.45) is 3.62. The summed E-state index contributed by atoms with van der Waals surface area (Å²) in [5.74, 6) is 0.614. The first kappa shape index (κ1) is 13.2. The second-order valence-electron chi connectivity index (χ2n) is 5.18. The highest BCUT2D eigenvalue weighted by Gasteiger charge is 2.17. The molecule has 1 saturated heterocycles. The van der Waals surface area contributed by atoms with E-state index >= 15 is 0 Å². The Labute approximate surface area is 109 Å². The lowest BCUT2D eigenvalue weighted by Gasteiger charge is -2.16. The lowest BCUT2D eigenvalue weighted by molar-refractivity contribution is 0.100. The first-order valence-electron chi connectivity index (χ1n) is 6.72. The van der Waals surface area contributed by atoms with Crippen molar-refractivity contribution in [3.05, 3.63) is 35.4 Å². The van der Waals surface area contributed by atoms with E-state index in [1.807, 2.05) is 18.2 Å². The van der Waals surface area contributed by atoms with E-state index in [4.69, 9.17) is 5.73 Å². The smallest absolute Gasteiger partial charge is 0.176 e. The largest absolute Gasteiger partial charge is 0.324 e. The van der Waals surface area contributed by atoms with Gasteiger partial charge in [-0.15, -0.1) is 0 Å². The van der Waals surface area contributed by atoms with Gasteiger partial charge < -0.3 is 10.6 Å². The molecule has 2 N–H and O–H groups in total. The summed E-state index contributed by atoms with van der Waals surface area (Å²) in [7, 11) is 2.18. The fraction of sp³-hybridized carbons (Fsp3) is 0.533. The van der Waals surface area contributed by atoms with Gasteiger partial charge in [-0.3, -0.25) is 4.79 Å². The van der Waals surface area contributed by atoms with Gasteiger partial charge in [0.15, 0.2) is 5.78 Å². The predicted molar refractivity (Wildman–Crippen MR) is 73.9 cm³/mol. The maximum absolute atomic E-state index is 11.6. The minimum absolute atomic E-state index is 0.0302. The average Bonchev–Trinajstić information content (AvgIpc) is 2.63. The van der Waals surface area contributed by atoms with Gasteiger partial charge in [0.2, 0.25) is 0 Å². The van der Waals surface area contributed by atoms with Gasteiger partial charge in [0, 0.05) is 5.56 Å². The molecule has 0 aliphatic carbocycles. The highest BCUT2D eigenvalue weighted by atomic mass is 16.1. The zero-order chi connectivity index (χ0) is 13.0. The molecule has 1 fully saturated rings. The Hall–Kier alpha value is -1.19. The number of benzene rings is 1. The van der Waals surface area contributed by atoms with E-state index in [0.29, 0.717) is 5.92 Å². The number of hydrogen-bond donors (Lipinski definition) is 1. The van der Waals surface area contributed by atoms with E-state index in [1.165, 1.54) is 31.4 Å². The van der Waals surface area contributed by atoms with Crippen molar-refractivity contribution in [2.75, 3.05) is 26.7 Å². The van der Waals surface area contributed by atoms with Gasteiger partial charge in [0.05, 0.1) is 6.54 Å². The highest BCUT2D eigenvalue weighted by Crippen LogP contribution is 2.28. The van der Waals surface area contributed by atoms with E-state index in [9.17, 15) is 4.79 Å². The lowest BCUT2D eigenvalue weighted by Crippen LogP contribution is -2.18. The normalized spacial score (nSPS) is 21.6. The van der Waals surface area contributed by atoms with E-state index < -0.39 is 0 Å². The van der Waals surface area contributed by atoms with Crippen molar-refractivity contribution in [3.63, 3.8) is 0 Å². The predicted octanol–water partition coefficient (Wildman–Crippen LogP) is 2.03. The van der Waals surface area contributed by atoms with Crippen LogP contribution in [-0.2, 0) is 0 Å². The van der Waals surface area contributed by atoms with Crippen LogP contribution in [0.4, 0.5) is 0 Å². The average molecular weight is 246 g/mol. The number of likely N-dealkylation sites (tertiary alicyclic amines) is 1. The van der Waals surface area contributed by atoms with E-state index in [0.717, 1.165) is 12.1 Å². The third-order valence-electron chi connectivity index (χ3n) is 3.82. The van der Waals surface area contributed by atoms with Gasteiger partial charge in [0.25, 0.3) is 0 Å². The molecule has 98 valence electrons. The number of hydrogen-bond acceptors (Lipinski definition) is 3. The Morgan fingerprint density at radius 1 is 1.39 bits per heavy atom. The SMILES string of the molecule is CN1CCCC(c2cccc(C(=O)CN)c2)CC1. The van der Waals surface area contributed by atoms with Crippen LogP contribution >= 0.6 is 0 Å². The van der Waals surface area contributed by atoms with Crippen LogP contribution < -0.4 is 5.73 Å². The van der Waals surface area contributed by atoms with Gasteiger partial charge in [-0.1, -0.05) is 18.2 Å². The first-order chi connectivity index (χ1) is 8.70. The second-order valence-corrected chi connectivity index (χ2v) is 5.18. The molecule has 1 aliphatic rings. The second kappa shape index (κ2) is 6.12. The molecule has 3 heteroatoms. The van der Waals surface area contributed by atoms with Gasteiger partial charge in [0.1, 0.15) is 0 Å². The number of carbonyl (C=O) groups excluding carboxylic acids is 1. The van der Waals surface area contributed by atoms with Crippen LogP contribution in [-0.4, -0.2) is 37.4 Å². The molecular formula is C15H22N2O. The topological polar surface area (TPSA) is 46.3 Å². The summed E-state index contributed by atoms with van der Waals surface area (Å²) in [6, 6.07) is 8.02. The molecule has 0 radical (unpaired) electrons. The van der Waals surface area contributed by atoms with Crippen molar-refractivity contribution in [1.29, 1.82) is 0 Å². The van der Waals surface area contributed by atoms with Crippen LogP contribution in [0.15, 0.2) is 24.3 Å². The minimum atomic E-state index is 0.0302. The number of rotatable bonds is 3. The Balaban J connectivity index is 2.14. The van der Waals surface area contributed by atoms with Crippen LogP contribution in [0, 0.1) is 0 Å². The van der Waals surface area contributed by atoms with Crippen LogP contribution in [0.25, 0.3) is 0 Å². The molecule has 0 spiro atoms. The monoisotopic (exact) mass is 246 g/mol. The van der Waals surface area contributed by atoms with Gasteiger partial charge >= 0.3 is 0 Å². The molecule has 1 aromatic carbocycles. The zero-order valence-corrected chi connectivity index (χ0v) is 11.1. The third-order valence-corrected chi connectivity index (χ3v) is 3.82. The quantitative estimate of drug-likeness (QED) is 0.830. The van der Waals surface area contributed by atoms with Crippen LogP contribution in [0.1, 0.15) is 41.1 Å². The minimum Gasteiger partial charge on any atom is -0.324 e. The Kier molecular flexibility index (Phi) is 4.50. The van der Waals surface area contributed by atoms with Crippen molar-refractivity contribution < 1.29 is 4.79 Å². The summed E-state index contributed by atoms with van der Waals surface area (Å²) in [6.45, 7) is 2.41. The molecule has 0 bridgehead atoms. The summed E-state index contributed by atoms with van der Waals surface area (Å²) in [5.41, 5.74) is 7.47. The molecule has 1 heterocycles. The number of ketones is 1. The third kappa shape index (κ3) is 3.18. The molecule has 1 unspecified atom stereocenters. The van der Waals surface area contributed by atoms with Crippen LogP contribution in [0.2, 0.25) is 0 Å². The molecule has 1 atom stereocenters. The summed E-state index contributed by atoms with van der Waals surface area (Å²) < 4.78 is 0. The molecule has 0 amide bonds. The Morgan fingerprint density at radius 2 is 2.22 bits per heavy atom. The zero-order valence-electron chi connectivity index (χ0n) is 11.1. The van der Waals surface area contributed by atoms with Gasteiger partial charge in [-0.2, -0.15) is 0 Å². The number of carbonyl (C=O) groups is 1. The van der Waals surface area contributed by atoms with Crippen molar-refractivity contribution in [3.8, 4) is 0 Å². The van der Waals surface area contributed by atoms with Crippen molar-refractivity contribution in [2.24, 2.45) is 5.73 Å². The fourth-order valence-corrected chi connectivity index (χ4v) is 2.66. The molecule has 3 nitrogen and oxygen atoms in total. The van der Waals surface area contributed by atoms with Crippen molar-refractivity contribution >= 4 is 5.78 Å². The number of nitrogens with two attached hydrogens (primary N) is 1. The number of nitrogens with zero attached hydrogens (tertiary/aromatic N) is 1. The molecule has 1 aliphatic heterocycles. The van der Waals surface area contributed by atoms with Crippen molar-refractivity contribution in [1.82, 2.24) is 4.90 Å². The Bertz CT molecular complexity index is 417. The molecule has 0 saturated carbocycles. The molecule has 2 rings (SSSR count). The Morgan fingerprint density at radius 3 is 3.00 bits per heavy atom. The lowest BCUT2D eigenvalue weighted by atomic mass is 9.90. The maximum atomic E-state index is 11.6. The molecule has 0 aromatic heterocycles. The summed E-state index contributed by atoms with van der Waals surface area (Å²) in [5, 5.41) is 0. The van der Waals surface area contributed by atoms with E-state index in [1.54, 1.807) is 0 Å². The van der Waals surface area contributed by atoms with E-state index in [-0.39, 0.29) is 12.3 Å². The molecule has 18 heavy (non-hydrogen) atoms. The first-order valence-corrected chi connectivity index (χ1v) is 6.72. The molecular weight excluding hydrogens is 224 g/mol. The standard InChI is InChI=1S/C15H22N2O/c1-17-8-3-6-12(7-9-17)13-4-2-5-14(10-13)15(18)11-16/h2,4-5,10,12H,3,6-9,11,16H2,1H3. The van der Waals surface area contributed by atoms with Gasteiger partial charge in [-0.25, -0.2) is 0 Å². The maximum Gasteiger partial charge on any atom is 0.176 e. The summed E-state index contributed by atoms with van der Waals surface area (Å²) >= 11 is 0. The van der Waals surface area contributed by atoms with Crippen LogP contribution in [0.5, 0.6) is 0 Å². The van der Waals surface area contributed by atoms with Crippen molar-refractivity contribution in [2.45, 2.75) is 25.2 Å². The van der Waals surface area contributed by atoms with Gasteiger partial charge in [-0.05, 0) is 56.9 Å². The number of Topliss-reactive ketones (excluding diaryl/α,β-unsaturated/α-hetero) is 1. The highest BCUT2D eigenvalue weighted by molar-refractivity contribution is 5.97. The fourth-order valence-electron chi connectivity index (χ4n) is 2.66. The summed E-state index contributed by atoms with van der Waals surface area (Å²) in [4.78, 5) is 14.0. The van der Waals surface area contributed by atoms with E-state index in [2.05, 4.69) is 18.0 Å². The molecule has 1 aromatic rings. The van der Waals surface area contributed by atoms with Crippen LogP contribution in [0.3, 0.4) is 0 Å².